The maximum Gasteiger partial charge on any atom is 0.310 e. The number of nitrogens with zero attached hydrogens (tertiary/aromatic N) is 1. The number of hydrogen-bond acceptors (Lipinski definition) is 3. The standard InChI is InChI=1S/C9H8BrF2NO2/c1-15-7(14)3-5-2-6(9(11)12)8(10)13-4-5/h2,4,9H,3H2,1H3. The number of esters is 1. The molecule has 6 heteroatoms. The molecule has 0 aromatic carbocycles. The lowest BCUT2D eigenvalue weighted by molar-refractivity contribution is -0.139. The van der Waals surface area contributed by atoms with Crippen LogP contribution in [0.5, 0.6) is 0 Å². The van der Waals surface area contributed by atoms with Gasteiger partial charge in [0.2, 0.25) is 0 Å². The van der Waals surface area contributed by atoms with Crippen molar-refractivity contribution in [1.82, 2.24) is 4.98 Å². The third-order valence-corrected chi connectivity index (χ3v) is 2.40. The molecule has 0 N–H and O–H groups in total. The monoisotopic (exact) mass is 279 g/mol. The van der Waals surface area contributed by atoms with Crippen LogP contribution < -0.4 is 0 Å². The summed E-state index contributed by atoms with van der Waals surface area (Å²) in [5.74, 6) is -0.487. The molecular weight excluding hydrogens is 272 g/mol. The third kappa shape index (κ3) is 3.23. The Morgan fingerprint density at radius 3 is 2.87 bits per heavy atom. The summed E-state index contributed by atoms with van der Waals surface area (Å²) in [7, 11) is 1.24. The van der Waals surface area contributed by atoms with Crippen molar-refractivity contribution in [2.75, 3.05) is 7.11 Å². The van der Waals surface area contributed by atoms with Crippen molar-refractivity contribution >= 4 is 21.9 Å². The van der Waals surface area contributed by atoms with Gasteiger partial charge in [-0.2, -0.15) is 0 Å². The van der Waals surface area contributed by atoms with E-state index >= 15 is 0 Å². The molecule has 0 aliphatic heterocycles. The van der Waals surface area contributed by atoms with Gasteiger partial charge < -0.3 is 4.74 Å². The number of carbonyl (C=O) groups is 1. The van der Waals surface area contributed by atoms with Gasteiger partial charge in [0.25, 0.3) is 6.43 Å². The summed E-state index contributed by atoms with van der Waals surface area (Å²) in [4.78, 5) is 14.6. The molecule has 0 fully saturated rings. The molecule has 0 radical (unpaired) electrons. The SMILES string of the molecule is COC(=O)Cc1cnc(Br)c(C(F)F)c1. The van der Waals surface area contributed by atoms with Crippen LogP contribution in [-0.4, -0.2) is 18.1 Å². The zero-order valence-electron chi connectivity index (χ0n) is 7.84. The van der Waals surface area contributed by atoms with E-state index in [4.69, 9.17) is 0 Å². The van der Waals surface area contributed by atoms with Crippen LogP contribution in [0.3, 0.4) is 0 Å². The first-order valence-corrected chi connectivity index (χ1v) is 4.83. The highest BCUT2D eigenvalue weighted by atomic mass is 79.9. The van der Waals surface area contributed by atoms with E-state index in [1.165, 1.54) is 19.4 Å². The quantitative estimate of drug-likeness (QED) is 0.630. The van der Waals surface area contributed by atoms with Crippen LogP contribution in [0, 0.1) is 0 Å². The molecule has 0 saturated carbocycles. The van der Waals surface area contributed by atoms with Gasteiger partial charge in [-0.15, -0.1) is 0 Å². The molecule has 1 aromatic heterocycles. The Bertz CT molecular complexity index is 371. The van der Waals surface area contributed by atoms with Gasteiger partial charge in [0.1, 0.15) is 4.60 Å². The number of pyridine rings is 1. The number of halogens is 3. The normalized spacial score (nSPS) is 10.5. The number of rotatable bonds is 3. The van der Waals surface area contributed by atoms with Crippen molar-refractivity contribution in [3.05, 3.63) is 28.0 Å². The first kappa shape index (κ1) is 12.0. The first-order chi connectivity index (χ1) is 7.04. The molecule has 0 saturated heterocycles. The molecule has 0 amide bonds. The van der Waals surface area contributed by atoms with Crippen LogP contribution in [0.4, 0.5) is 8.78 Å². The average Bonchev–Trinajstić information content (AvgIpc) is 2.20. The van der Waals surface area contributed by atoms with Crippen LogP contribution in [0.15, 0.2) is 16.9 Å². The molecule has 0 aliphatic carbocycles. The zero-order valence-corrected chi connectivity index (χ0v) is 9.42. The van der Waals surface area contributed by atoms with Gasteiger partial charge in [0, 0.05) is 6.20 Å². The predicted molar refractivity (Wildman–Crippen MR) is 52.6 cm³/mol. The van der Waals surface area contributed by atoms with Gasteiger partial charge in [-0.25, -0.2) is 13.8 Å². The lowest BCUT2D eigenvalue weighted by Crippen LogP contribution is -2.05. The Hall–Kier alpha value is -1.04. The number of alkyl halides is 2. The van der Waals surface area contributed by atoms with Crippen molar-refractivity contribution in [3.63, 3.8) is 0 Å². The van der Waals surface area contributed by atoms with E-state index in [1.54, 1.807) is 0 Å². The summed E-state index contributed by atoms with van der Waals surface area (Å²) in [5.41, 5.74) is 0.178. The van der Waals surface area contributed by atoms with Crippen LogP contribution >= 0.6 is 15.9 Å². The van der Waals surface area contributed by atoms with Gasteiger partial charge in [-0.05, 0) is 27.6 Å². The summed E-state index contributed by atoms with van der Waals surface area (Å²) in [6.07, 6.45) is -1.33. The molecule has 82 valence electrons. The van der Waals surface area contributed by atoms with Crippen LogP contribution in [0.2, 0.25) is 0 Å². The summed E-state index contributed by atoms with van der Waals surface area (Å²) < 4.78 is 29.4. The maximum atomic E-state index is 12.4. The molecule has 0 aliphatic rings. The molecule has 0 spiro atoms. The van der Waals surface area contributed by atoms with E-state index in [2.05, 4.69) is 25.7 Å². The van der Waals surface area contributed by atoms with Gasteiger partial charge in [-0.1, -0.05) is 0 Å². The van der Waals surface area contributed by atoms with Gasteiger partial charge in [-0.3, -0.25) is 4.79 Å². The van der Waals surface area contributed by atoms with Gasteiger partial charge in [0.15, 0.2) is 0 Å². The van der Waals surface area contributed by atoms with E-state index in [9.17, 15) is 13.6 Å². The molecule has 0 atom stereocenters. The fourth-order valence-corrected chi connectivity index (χ4v) is 1.39. The molecular formula is C9H8BrF2NO2. The Morgan fingerprint density at radius 2 is 2.33 bits per heavy atom. The summed E-state index contributed by atoms with van der Waals surface area (Å²) >= 11 is 2.91. The van der Waals surface area contributed by atoms with Crippen LogP contribution in [-0.2, 0) is 16.0 Å². The molecule has 0 unspecified atom stereocenters. The minimum Gasteiger partial charge on any atom is -0.469 e. The van der Waals surface area contributed by atoms with Crippen molar-refractivity contribution in [3.8, 4) is 0 Å². The van der Waals surface area contributed by atoms with E-state index in [1.807, 2.05) is 0 Å². The topological polar surface area (TPSA) is 39.2 Å². The second-order valence-corrected chi connectivity index (χ2v) is 3.53. The number of carbonyl (C=O) groups excluding carboxylic acids is 1. The Kier molecular flexibility index (Phi) is 4.14. The average molecular weight is 280 g/mol. The van der Waals surface area contributed by atoms with Crippen molar-refractivity contribution in [1.29, 1.82) is 0 Å². The largest absolute Gasteiger partial charge is 0.469 e. The highest BCUT2D eigenvalue weighted by Crippen LogP contribution is 2.26. The summed E-state index contributed by atoms with van der Waals surface area (Å²) in [6.45, 7) is 0. The summed E-state index contributed by atoms with van der Waals surface area (Å²) in [6, 6.07) is 1.23. The maximum absolute atomic E-state index is 12.4. The molecule has 3 nitrogen and oxygen atoms in total. The fourth-order valence-electron chi connectivity index (χ4n) is 0.999. The summed E-state index contributed by atoms with van der Waals surface area (Å²) in [5, 5.41) is 0. The lowest BCUT2D eigenvalue weighted by atomic mass is 10.1. The number of aromatic nitrogens is 1. The zero-order chi connectivity index (χ0) is 11.4. The number of ether oxygens (including phenoxy) is 1. The Labute approximate surface area is 93.6 Å². The highest BCUT2D eigenvalue weighted by molar-refractivity contribution is 9.10. The molecule has 15 heavy (non-hydrogen) atoms. The van der Waals surface area contributed by atoms with E-state index in [-0.39, 0.29) is 16.6 Å². The van der Waals surface area contributed by atoms with E-state index < -0.39 is 12.4 Å². The van der Waals surface area contributed by atoms with Gasteiger partial charge in [0.05, 0.1) is 19.1 Å². The van der Waals surface area contributed by atoms with E-state index in [0.717, 1.165) is 0 Å². The third-order valence-electron chi connectivity index (χ3n) is 1.73. The number of methoxy groups -OCH3 is 1. The second-order valence-electron chi connectivity index (χ2n) is 2.78. The minimum atomic E-state index is -2.62. The predicted octanol–water partition coefficient (Wildman–Crippen LogP) is 2.50. The molecule has 1 rings (SSSR count). The highest BCUT2D eigenvalue weighted by Gasteiger charge is 2.14. The molecule has 1 aromatic rings. The minimum absolute atomic E-state index is 0.0590. The molecule has 1 heterocycles. The van der Waals surface area contributed by atoms with Crippen molar-refractivity contribution in [2.24, 2.45) is 0 Å². The van der Waals surface area contributed by atoms with Gasteiger partial charge >= 0.3 is 5.97 Å². The second kappa shape index (κ2) is 5.16. The van der Waals surface area contributed by atoms with E-state index in [0.29, 0.717) is 5.56 Å². The first-order valence-electron chi connectivity index (χ1n) is 4.04. The van der Waals surface area contributed by atoms with Crippen molar-refractivity contribution < 1.29 is 18.3 Å². The fraction of sp³-hybridized carbons (Fsp3) is 0.333. The smallest absolute Gasteiger partial charge is 0.310 e. The molecule has 0 bridgehead atoms. The van der Waals surface area contributed by atoms with Crippen LogP contribution in [0.25, 0.3) is 0 Å². The Morgan fingerprint density at radius 1 is 1.67 bits per heavy atom. The number of hydrogen-bond donors (Lipinski definition) is 0. The van der Waals surface area contributed by atoms with Crippen molar-refractivity contribution in [2.45, 2.75) is 12.8 Å². The lowest BCUT2D eigenvalue weighted by Gasteiger charge is -2.05. The van der Waals surface area contributed by atoms with Crippen LogP contribution in [0.1, 0.15) is 17.6 Å². The Balaban J connectivity index is 2.92.